The molecule has 0 bridgehead atoms. The monoisotopic (exact) mass is 263 g/mol. The van der Waals surface area contributed by atoms with Crippen LogP contribution in [-0.2, 0) is 16.3 Å². The van der Waals surface area contributed by atoms with Crippen molar-refractivity contribution in [3.63, 3.8) is 0 Å². The maximum atomic E-state index is 11.9. The summed E-state index contributed by atoms with van der Waals surface area (Å²) in [5.41, 5.74) is 2.20. The van der Waals surface area contributed by atoms with Crippen LogP contribution in [0.2, 0.25) is 0 Å². The van der Waals surface area contributed by atoms with Crippen molar-refractivity contribution in [1.82, 2.24) is 0 Å². The molecule has 0 spiro atoms. The number of sulfone groups is 1. The molecule has 0 heterocycles. The Hall–Kier alpha value is -1.34. The van der Waals surface area contributed by atoms with Crippen LogP contribution in [0.4, 0.5) is 0 Å². The van der Waals surface area contributed by atoms with Crippen LogP contribution in [0, 0.1) is 17.2 Å². The average molecular weight is 263 g/mol. The molecule has 0 saturated heterocycles. The van der Waals surface area contributed by atoms with E-state index in [-0.39, 0.29) is 17.6 Å². The highest BCUT2D eigenvalue weighted by Crippen LogP contribution is 2.52. The third kappa shape index (κ3) is 2.15. The van der Waals surface area contributed by atoms with Gasteiger partial charge in [-0.3, -0.25) is 0 Å². The van der Waals surface area contributed by atoms with Gasteiger partial charge in [0.05, 0.1) is 17.2 Å². The van der Waals surface area contributed by atoms with Crippen molar-refractivity contribution in [2.24, 2.45) is 5.92 Å². The Morgan fingerprint density at radius 1 is 1.22 bits per heavy atom. The molecule has 0 amide bonds. The molecular weight excluding hydrogens is 246 g/mol. The smallest absolute Gasteiger partial charge is 0.154 e. The molecule has 1 fully saturated rings. The van der Waals surface area contributed by atoms with Crippen LogP contribution in [0.5, 0.6) is 0 Å². The van der Waals surface area contributed by atoms with E-state index in [0.717, 1.165) is 12.0 Å². The van der Waals surface area contributed by atoms with Crippen LogP contribution in [0.15, 0.2) is 24.3 Å². The fraction of sp³-hybridized carbons (Fsp3) is 0.500. The lowest BCUT2D eigenvalue weighted by atomic mass is 10.1. The van der Waals surface area contributed by atoms with E-state index in [4.69, 9.17) is 5.26 Å². The van der Waals surface area contributed by atoms with Gasteiger partial charge in [0.1, 0.15) is 0 Å². The third-order valence-electron chi connectivity index (χ3n) is 3.69. The van der Waals surface area contributed by atoms with Crippen molar-refractivity contribution in [2.75, 3.05) is 5.75 Å². The zero-order valence-corrected chi connectivity index (χ0v) is 11.4. The summed E-state index contributed by atoms with van der Waals surface area (Å²) in [4.78, 5) is 0. The molecule has 96 valence electrons. The fourth-order valence-corrected chi connectivity index (χ4v) is 4.19. The predicted molar refractivity (Wildman–Crippen MR) is 70.9 cm³/mol. The van der Waals surface area contributed by atoms with E-state index >= 15 is 0 Å². The quantitative estimate of drug-likeness (QED) is 0.837. The van der Waals surface area contributed by atoms with E-state index in [1.165, 1.54) is 5.56 Å². The number of hydrogen-bond acceptors (Lipinski definition) is 3. The number of aryl methyl sites for hydroxylation is 1. The lowest BCUT2D eigenvalue weighted by Crippen LogP contribution is -2.12. The van der Waals surface area contributed by atoms with Gasteiger partial charge in [0.2, 0.25) is 0 Å². The molecule has 2 rings (SSSR count). The van der Waals surface area contributed by atoms with Crippen molar-refractivity contribution >= 4 is 9.84 Å². The first-order chi connectivity index (χ1) is 8.55. The zero-order chi connectivity index (χ0) is 13.3. The molecule has 3 atom stereocenters. The molecule has 1 aromatic rings. The van der Waals surface area contributed by atoms with Gasteiger partial charge in [0.25, 0.3) is 0 Å². The number of nitriles is 1. The molecule has 4 heteroatoms. The number of benzene rings is 1. The van der Waals surface area contributed by atoms with Gasteiger partial charge in [-0.25, -0.2) is 8.42 Å². The molecule has 1 aliphatic rings. The predicted octanol–water partition coefficient (Wildman–Crippen LogP) is 2.29. The van der Waals surface area contributed by atoms with Gasteiger partial charge in [0.15, 0.2) is 9.84 Å². The summed E-state index contributed by atoms with van der Waals surface area (Å²) in [6.07, 6.45) is 0.962. The molecule has 1 aromatic carbocycles. The average Bonchev–Trinajstić information content (AvgIpc) is 3.14. The first-order valence-corrected chi connectivity index (χ1v) is 7.96. The molecular formula is C14H17NO2S. The summed E-state index contributed by atoms with van der Waals surface area (Å²) in [6, 6.07) is 10.1. The Morgan fingerprint density at radius 3 is 2.28 bits per heavy atom. The largest absolute Gasteiger partial charge is 0.228 e. The fourth-order valence-electron chi connectivity index (χ4n) is 2.45. The van der Waals surface area contributed by atoms with E-state index in [2.05, 4.69) is 13.0 Å². The Kier molecular flexibility index (Phi) is 3.45. The van der Waals surface area contributed by atoms with E-state index in [1.54, 1.807) is 6.92 Å². The maximum absolute atomic E-state index is 11.9. The summed E-state index contributed by atoms with van der Waals surface area (Å²) < 4.78 is 23.8. The first kappa shape index (κ1) is 13.1. The SMILES string of the molecule is CCc1ccc([C@@H]2[C@H](C#N)[C@H]2S(=O)(=O)CC)cc1. The molecule has 0 N–H and O–H groups in total. The van der Waals surface area contributed by atoms with Crippen molar-refractivity contribution < 1.29 is 8.42 Å². The third-order valence-corrected chi connectivity index (χ3v) is 5.91. The minimum absolute atomic E-state index is 0.111. The summed E-state index contributed by atoms with van der Waals surface area (Å²) in [5.74, 6) is -0.396. The second-order valence-corrected chi connectivity index (χ2v) is 7.14. The molecule has 1 saturated carbocycles. The van der Waals surface area contributed by atoms with Gasteiger partial charge < -0.3 is 0 Å². The summed E-state index contributed by atoms with van der Waals surface area (Å²) >= 11 is 0. The summed E-state index contributed by atoms with van der Waals surface area (Å²) in [6.45, 7) is 3.72. The number of rotatable bonds is 4. The van der Waals surface area contributed by atoms with Crippen LogP contribution in [0.1, 0.15) is 30.9 Å². The molecule has 1 aliphatic carbocycles. The van der Waals surface area contributed by atoms with E-state index in [9.17, 15) is 8.42 Å². The highest BCUT2D eigenvalue weighted by molar-refractivity contribution is 7.92. The van der Waals surface area contributed by atoms with Gasteiger partial charge in [-0.2, -0.15) is 5.26 Å². The molecule has 0 aliphatic heterocycles. The minimum atomic E-state index is -3.12. The van der Waals surface area contributed by atoms with Crippen LogP contribution in [0.3, 0.4) is 0 Å². The zero-order valence-electron chi connectivity index (χ0n) is 10.6. The van der Waals surface area contributed by atoms with Gasteiger partial charge in [-0.1, -0.05) is 38.1 Å². The van der Waals surface area contributed by atoms with Crippen molar-refractivity contribution in [1.29, 1.82) is 5.26 Å². The normalized spacial score (nSPS) is 26.6. The van der Waals surface area contributed by atoms with E-state index in [0.29, 0.717) is 0 Å². The second-order valence-electron chi connectivity index (χ2n) is 4.69. The second kappa shape index (κ2) is 4.74. The van der Waals surface area contributed by atoms with Crippen molar-refractivity contribution in [3.05, 3.63) is 35.4 Å². The number of nitrogens with zero attached hydrogens (tertiary/aromatic N) is 1. The van der Waals surface area contributed by atoms with Gasteiger partial charge in [-0.15, -0.1) is 0 Å². The van der Waals surface area contributed by atoms with Gasteiger partial charge >= 0.3 is 0 Å². The molecule has 0 radical (unpaired) electrons. The Balaban J connectivity index is 2.27. The van der Waals surface area contributed by atoms with Gasteiger partial charge in [0, 0.05) is 11.7 Å². The Bertz CT molecular complexity index is 569. The summed E-state index contributed by atoms with van der Waals surface area (Å²) in [7, 11) is -3.12. The van der Waals surface area contributed by atoms with Crippen molar-refractivity contribution in [3.8, 4) is 6.07 Å². The standard InChI is InChI=1S/C14H17NO2S/c1-3-10-5-7-11(8-6-10)13-12(9-15)14(13)18(16,17)4-2/h5-8,12-14H,3-4H2,1-2H3/t12-,13+,14+/m0/s1. The minimum Gasteiger partial charge on any atom is -0.228 e. The van der Waals surface area contributed by atoms with Crippen LogP contribution < -0.4 is 0 Å². The Labute approximate surface area is 108 Å². The van der Waals surface area contributed by atoms with Crippen LogP contribution in [-0.4, -0.2) is 19.4 Å². The van der Waals surface area contributed by atoms with Crippen LogP contribution >= 0.6 is 0 Å². The number of hydrogen-bond donors (Lipinski definition) is 0. The molecule has 18 heavy (non-hydrogen) atoms. The lowest BCUT2D eigenvalue weighted by molar-refractivity contribution is 0.594. The maximum Gasteiger partial charge on any atom is 0.154 e. The summed E-state index contributed by atoms with van der Waals surface area (Å²) in [5, 5.41) is 8.55. The highest BCUT2D eigenvalue weighted by atomic mass is 32.2. The molecule has 0 unspecified atom stereocenters. The van der Waals surface area contributed by atoms with Crippen LogP contribution in [0.25, 0.3) is 0 Å². The van der Waals surface area contributed by atoms with E-state index in [1.807, 2.05) is 24.3 Å². The highest BCUT2D eigenvalue weighted by Gasteiger charge is 2.58. The van der Waals surface area contributed by atoms with Gasteiger partial charge in [-0.05, 0) is 17.5 Å². The topological polar surface area (TPSA) is 57.9 Å². The molecule has 0 aromatic heterocycles. The molecule has 3 nitrogen and oxygen atoms in total. The Morgan fingerprint density at radius 2 is 1.83 bits per heavy atom. The lowest BCUT2D eigenvalue weighted by Gasteiger charge is -2.02. The van der Waals surface area contributed by atoms with Crippen molar-refractivity contribution in [2.45, 2.75) is 31.4 Å². The first-order valence-electron chi connectivity index (χ1n) is 6.25. The van der Waals surface area contributed by atoms with E-state index < -0.39 is 15.1 Å².